The average Bonchev–Trinajstić information content (AvgIpc) is 2.28. The average molecular weight is 313 g/mol. The van der Waals surface area contributed by atoms with E-state index in [2.05, 4.69) is 5.32 Å². The van der Waals surface area contributed by atoms with Gasteiger partial charge < -0.3 is 11.1 Å². The molecule has 0 aromatic heterocycles. The van der Waals surface area contributed by atoms with E-state index in [1.165, 1.54) is 6.07 Å². The monoisotopic (exact) mass is 313 g/mol. The van der Waals surface area contributed by atoms with E-state index in [0.717, 1.165) is 0 Å². The molecule has 21 heavy (non-hydrogen) atoms. The minimum Gasteiger partial charge on any atom is -0.327 e. The summed E-state index contributed by atoms with van der Waals surface area (Å²) in [6.45, 7) is 7.50. The smallest absolute Gasteiger partial charge is 0.238 e. The molecule has 5 N–H and O–H groups in total. The summed E-state index contributed by atoms with van der Waals surface area (Å²) in [5.41, 5.74) is 6.68. The van der Waals surface area contributed by atoms with E-state index in [9.17, 15) is 13.2 Å². The molecule has 0 radical (unpaired) electrons. The lowest BCUT2D eigenvalue weighted by Crippen LogP contribution is -2.38. The molecule has 1 unspecified atom stereocenters. The standard InChI is InChI=1S/C14H23N3O3S/c1-9-5-6-10(7-11(9)21(16,19)20)17-13(18)8-12(15)14(2,3)4/h5-7,12H,8,15H2,1-4H3,(H,17,18)(H2,16,19,20). The van der Waals surface area contributed by atoms with Crippen LogP contribution in [0.4, 0.5) is 5.69 Å². The Labute approximate surface area is 126 Å². The highest BCUT2D eigenvalue weighted by Gasteiger charge is 2.23. The summed E-state index contributed by atoms with van der Waals surface area (Å²) in [6.07, 6.45) is 0.155. The Morgan fingerprint density at radius 2 is 1.90 bits per heavy atom. The van der Waals surface area contributed by atoms with Gasteiger partial charge in [-0.25, -0.2) is 13.6 Å². The number of aryl methyl sites for hydroxylation is 1. The molecule has 0 bridgehead atoms. The molecule has 0 saturated carbocycles. The SMILES string of the molecule is Cc1ccc(NC(=O)CC(N)C(C)(C)C)cc1S(N)(=O)=O. The number of primary sulfonamides is 1. The molecule has 1 amide bonds. The third-order valence-corrected chi connectivity index (χ3v) is 4.35. The molecule has 1 aromatic carbocycles. The first kappa shape index (κ1) is 17.6. The van der Waals surface area contributed by atoms with Crippen molar-refractivity contribution in [3.8, 4) is 0 Å². The summed E-state index contributed by atoms with van der Waals surface area (Å²) in [6, 6.07) is 4.29. The zero-order valence-electron chi connectivity index (χ0n) is 12.8. The predicted octanol–water partition coefficient (Wildman–Crippen LogP) is 1.34. The number of amides is 1. The van der Waals surface area contributed by atoms with Crippen molar-refractivity contribution in [1.29, 1.82) is 0 Å². The normalized spacial score (nSPS) is 13.8. The van der Waals surface area contributed by atoms with Crippen LogP contribution in [0.5, 0.6) is 0 Å². The van der Waals surface area contributed by atoms with Crippen LogP contribution in [0.3, 0.4) is 0 Å². The zero-order valence-corrected chi connectivity index (χ0v) is 13.6. The van der Waals surface area contributed by atoms with Crippen LogP contribution in [0.15, 0.2) is 23.1 Å². The molecule has 0 aliphatic heterocycles. The van der Waals surface area contributed by atoms with Crippen LogP contribution in [-0.4, -0.2) is 20.4 Å². The summed E-state index contributed by atoms with van der Waals surface area (Å²) < 4.78 is 22.9. The first-order valence-corrected chi connectivity index (χ1v) is 8.15. The predicted molar refractivity (Wildman–Crippen MR) is 83.2 cm³/mol. The van der Waals surface area contributed by atoms with E-state index >= 15 is 0 Å². The molecule has 0 fully saturated rings. The lowest BCUT2D eigenvalue weighted by molar-refractivity contribution is -0.117. The highest BCUT2D eigenvalue weighted by molar-refractivity contribution is 7.89. The van der Waals surface area contributed by atoms with Crippen LogP contribution in [0.1, 0.15) is 32.8 Å². The van der Waals surface area contributed by atoms with Gasteiger partial charge in [-0.15, -0.1) is 0 Å². The number of carbonyl (C=O) groups excluding carboxylic acids is 1. The second kappa shape index (κ2) is 6.13. The van der Waals surface area contributed by atoms with Gasteiger partial charge in [0.25, 0.3) is 0 Å². The number of anilines is 1. The maximum absolute atomic E-state index is 11.9. The summed E-state index contributed by atoms with van der Waals surface area (Å²) in [5, 5.41) is 7.78. The van der Waals surface area contributed by atoms with Crippen molar-refractivity contribution in [1.82, 2.24) is 0 Å². The van der Waals surface area contributed by atoms with Crippen LogP contribution >= 0.6 is 0 Å². The maximum atomic E-state index is 11.9. The second-order valence-electron chi connectivity index (χ2n) is 6.25. The van der Waals surface area contributed by atoms with E-state index in [0.29, 0.717) is 11.3 Å². The summed E-state index contributed by atoms with van der Waals surface area (Å²) in [7, 11) is -3.81. The van der Waals surface area contributed by atoms with Gasteiger partial charge in [-0.3, -0.25) is 4.79 Å². The minimum atomic E-state index is -3.81. The Balaban J connectivity index is 2.88. The molecule has 0 aliphatic carbocycles. The van der Waals surface area contributed by atoms with E-state index in [-0.39, 0.29) is 28.7 Å². The number of benzene rings is 1. The number of rotatable bonds is 4. The lowest BCUT2D eigenvalue weighted by atomic mass is 9.85. The number of sulfonamides is 1. The van der Waals surface area contributed by atoms with Crippen molar-refractivity contribution >= 4 is 21.6 Å². The maximum Gasteiger partial charge on any atom is 0.238 e. The molecule has 6 nitrogen and oxygen atoms in total. The van der Waals surface area contributed by atoms with E-state index in [1.807, 2.05) is 20.8 Å². The Morgan fingerprint density at radius 3 is 2.38 bits per heavy atom. The lowest BCUT2D eigenvalue weighted by Gasteiger charge is -2.26. The van der Waals surface area contributed by atoms with Crippen molar-refractivity contribution in [2.75, 3.05) is 5.32 Å². The van der Waals surface area contributed by atoms with Gasteiger partial charge in [0.15, 0.2) is 0 Å². The van der Waals surface area contributed by atoms with Crippen LogP contribution in [0, 0.1) is 12.3 Å². The van der Waals surface area contributed by atoms with Gasteiger partial charge in [-0.1, -0.05) is 26.8 Å². The van der Waals surface area contributed by atoms with E-state index in [1.54, 1.807) is 19.1 Å². The molecule has 0 aliphatic rings. The Hall–Kier alpha value is -1.44. The molecule has 7 heteroatoms. The fourth-order valence-corrected chi connectivity index (χ4v) is 2.51. The Kier molecular flexibility index (Phi) is 5.14. The van der Waals surface area contributed by atoms with Crippen molar-refractivity contribution in [2.24, 2.45) is 16.3 Å². The Morgan fingerprint density at radius 1 is 1.33 bits per heavy atom. The number of nitrogens with one attached hydrogen (secondary N) is 1. The second-order valence-corrected chi connectivity index (χ2v) is 7.78. The summed E-state index contributed by atoms with van der Waals surface area (Å²) >= 11 is 0. The van der Waals surface area contributed by atoms with E-state index in [4.69, 9.17) is 10.9 Å². The van der Waals surface area contributed by atoms with Gasteiger partial charge in [0.2, 0.25) is 15.9 Å². The van der Waals surface area contributed by atoms with Gasteiger partial charge >= 0.3 is 0 Å². The fraction of sp³-hybridized carbons (Fsp3) is 0.500. The highest BCUT2D eigenvalue weighted by atomic mass is 32.2. The first-order valence-electron chi connectivity index (χ1n) is 6.60. The summed E-state index contributed by atoms with van der Waals surface area (Å²) in [5.74, 6) is -0.262. The zero-order chi connectivity index (χ0) is 16.4. The van der Waals surface area contributed by atoms with Gasteiger partial charge in [0, 0.05) is 18.2 Å². The number of nitrogens with two attached hydrogens (primary N) is 2. The molecule has 0 heterocycles. The summed E-state index contributed by atoms with van der Waals surface area (Å²) in [4.78, 5) is 11.9. The van der Waals surface area contributed by atoms with Gasteiger partial charge in [-0.2, -0.15) is 0 Å². The van der Waals surface area contributed by atoms with Gasteiger partial charge in [-0.05, 0) is 30.0 Å². The molecule has 1 aromatic rings. The quantitative estimate of drug-likeness (QED) is 0.778. The van der Waals surface area contributed by atoms with Crippen LogP contribution in [0.25, 0.3) is 0 Å². The largest absolute Gasteiger partial charge is 0.327 e. The first-order chi connectivity index (χ1) is 9.41. The molecule has 1 atom stereocenters. The van der Waals surface area contributed by atoms with Gasteiger partial charge in [0.05, 0.1) is 4.90 Å². The minimum absolute atomic E-state index is 0.000389. The highest BCUT2D eigenvalue weighted by Crippen LogP contribution is 2.22. The van der Waals surface area contributed by atoms with Crippen molar-refractivity contribution in [3.63, 3.8) is 0 Å². The van der Waals surface area contributed by atoms with Crippen LogP contribution < -0.4 is 16.2 Å². The molecule has 0 spiro atoms. The van der Waals surface area contributed by atoms with Crippen molar-refractivity contribution in [3.05, 3.63) is 23.8 Å². The topological polar surface area (TPSA) is 115 Å². The molecule has 118 valence electrons. The number of hydrogen-bond donors (Lipinski definition) is 3. The molecular weight excluding hydrogens is 290 g/mol. The van der Waals surface area contributed by atoms with Crippen LogP contribution in [-0.2, 0) is 14.8 Å². The van der Waals surface area contributed by atoms with Crippen LogP contribution in [0.2, 0.25) is 0 Å². The fourth-order valence-electron chi connectivity index (χ4n) is 1.70. The number of carbonyl (C=O) groups is 1. The molecular formula is C14H23N3O3S. The van der Waals surface area contributed by atoms with Crippen molar-refractivity contribution in [2.45, 2.75) is 45.1 Å². The molecule has 1 rings (SSSR count). The van der Waals surface area contributed by atoms with Gasteiger partial charge in [0.1, 0.15) is 0 Å². The van der Waals surface area contributed by atoms with E-state index < -0.39 is 10.0 Å². The third kappa shape index (κ3) is 5.11. The van der Waals surface area contributed by atoms with Crippen molar-refractivity contribution < 1.29 is 13.2 Å². The number of hydrogen-bond acceptors (Lipinski definition) is 4. The third-order valence-electron chi connectivity index (χ3n) is 3.30. The molecule has 0 saturated heterocycles. The Bertz CT molecular complexity index is 633.